The Morgan fingerprint density at radius 1 is 0.842 bits per heavy atom. The molecule has 0 aromatic carbocycles. The van der Waals surface area contributed by atoms with Gasteiger partial charge in [0.15, 0.2) is 0 Å². The third-order valence-corrected chi connectivity index (χ3v) is 8.91. The van der Waals surface area contributed by atoms with Crippen molar-refractivity contribution < 1.29 is 10.2 Å². The number of aliphatic hydroxyl groups excluding tert-OH is 2. The van der Waals surface area contributed by atoms with Crippen molar-refractivity contribution in [2.75, 3.05) is 13.2 Å². The SMILES string of the molecule is OCC1=CSC(c2cscc2C2SC=C(CO)S2)S1. The molecule has 2 aliphatic heterocycles. The standard InChI is InChI=1S/C12H12O2S5/c13-1-7-3-16-11(18-7)9-5-15-6-10(9)12-17-4-8(2-14)19-12/h3-6,11-14H,1-2H2. The molecule has 1 aromatic heterocycles. The van der Waals surface area contributed by atoms with Crippen LogP contribution in [-0.2, 0) is 0 Å². The number of hydrogen-bond donors (Lipinski definition) is 2. The molecule has 0 amide bonds. The summed E-state index contributed by atoms with van der Waals surface area (Å²) >= 11 is 8.77. The number of rotatable bonds is 4. The van der Waals surface area contributed by atoms with Crippen molar-refractivity contribution in [2.45, 2.75) is 9.16 Å². The fourth-order valence-corrected chi connectivity index (χ4v) is 8.09. The normalized spacial score (nSPS) is 26.6. The minimum absolute atomic E-state index is 0.136. The van der Waals surface area contributed by atoms with E-state index in [0.717, 1.165) is 9.81 Å². The molecule has 0 saturated carbocycles. The Labute approximate surface area is 133 Å². The van der Waals surface area contributed by atoms with Crippen molar-refractivity contribution in [3.8, 4) is 0 Å². The summed E-state index contributed by atoms with van der Waals surface area (Å²) < 4.78 is 0.727. The monoisotopic (exact) mass is 348 g/mol. The van der Waals surface area contributed by atoms with Gasteiger partial charge in [-0.2, -0.15) is 11.3 Å². The van der Waals surface area contributed by atoms with Crippen LogP contribution in [0.1, 0.15) is 20.3 Å². The van der Waals surface area contributed by atoms with Crippen molar-refractivity contribution in [2.24, 2.45) is 0 Å². The summed E-state index contributed by atoms with van der Waals surface area (Å²) in [4.78, 5) is 2.10. The van der Waals surface area contributed by atoms with Crippen LogP contribution in [0.5, 0.6) is 0 Å². The van der Waals surface area contributed by atoms with Gasteiger partial charge in [-0.25, -0.2) is 0 Å². The largest absolute Gasteiger partial charge is 0.391 e. The van der Waals surface area contributed by atoms with Crippen molar-refractivity contribution in [3.63, 3.8) is 0 Å². The highest BCUT2D eigenvalue weighted by atomic mass is 32.2. The first-order valence-electron chi connectivity index (χ1n) is 5.62. The Morgan fingerprint density at radius 2 is 1.32 bits per heavy atom. The minimum atomic E-state index is 0.136. The summed E-state index contributed by atoms with van der Waals surface area (Å²) in [6.07, 6.45) is 0. The third kappa shape index (κ3) is 3.07. The van der Waals surface area contributed by atoms with Gasteiger partial charge in [0.1, 0.15) is 0 Å². The van der Waals surface area contributed by atoms with Gasteiger partial charge in [-0.15, -0.1) is 47.0 Å². The van der Waals surface area contributed by atoms with Gasteiger partial charge in [-0.1, -0.05) is 0 Å². The molecule has 3 heterocycles. The topological polar surface area (TPSA) is 40.5 Å². The maximum absolute atomic E-state index is 9.18. The van der Waals surface area contributed by atoms with Crippen LogP contribution in [0.4, 0.5) is 0 Å². The smallest absolute Gasteiger partial charge is 0.0849 e. The summed E-state index contributed by atoms with van der Waals surface area (Å²) in [5.74, 6) is 0. The van der Waals surface area contributed by atoms with Crippen LogP contribution in [0.15, 0.2) is 31.4 Å². The molecule has 3 rings (SSSR count). The number of thiophene rings is 1. The average molecular weight is 349 g/mol. The lowest BCUT2D eigenvalue weighted by Crippen LogP contribution is -1.93. The zero-order chi connectivity index (χ0) is 13.2. The summed E-state index contributed by atoms with van der Waals surface area (Å²) in [6.45, 7) is 0.271. The molecule has 2 N–H and O–H groups in total. The van der Waals surface area contributed by atoms with Gasteiger partial charge >= 0.3 is 0 Å². The second-order valence-electron chi connectivity index (χ2n) is 3.94. The van der Waals surface area contributed by atoms with E-state index < -0.39 is 0 Å². The molecular weight excluding hydrogens is 336 g/mol. The first-order chi connectivity index (χ1) is 9.31. The van der Waals surface area contributed by atoms with Crippen molar-refractivity contribution in [1.82, 2.24) is 0 Å². The molecule has 1 aromatic rings. The molecule has 0 radical (unpaired) electrons. The molecule has 7 heteroatoms. The van der Waals surface area contributed by atoms with E-state index in [1.54, 1.807) is 58.4 Å². The van der Waals surface area contributed by atoms with Gasteiger partial charge in [-0.05, 0) is 32.7 Å². The molecule has 2 nitrogen and oxygen atoms in total. The third-order valence-electron chi connectivity index (χ3n) is 2.71. The van der Waals surface area contributed by atoms with Crippen LogP contribution in [0.25, 0.3) is 0 Å². The van der Waals surface area contributed by atoms with E-state index in [0.29, 0.717) is 9.16 Å². The highest BCUT2D eigenvalue weighted by Crippen LogP contribution is 2.57. The molecule has 0 aliphatic carbocycles. The lowest BCUT2D eigenvalue weighted by Gasteiger charge is -2.14. The van der Waals surface area contributed by atoms with Crippen LogP contribution < -0.4 is 0 Å². The maximum Gasteiger partial charge on any atom is 0.0849 e. The van der Waals surface area contributed by atoms with Crippen LogP contribution >= 0.6 is 58.4 Å². The Balaban J connectivity index is 1.74. The molecule has 2 atom stereocenters. The van der Waals surface area contributed by atoms with Gasteiger partial charge in [0, 0.05) is 9.81 Å². The van der Waals surface area contributed by atoms with E-state index in [1.165, 1.54) is 11.1 Å². The quantitative estimate of drug-likeness (QED) is 0.842. The van der Waals surface area contributed by atoms with Crippen LogP contribution in [-0.4, -0.2) is 23.4 Å². The Hall–Kier alpha value is 0.500. The molecule has 19 heavy (non-hydrogen) atoms. The van der Waals surface area contributed by atoms with E-state index in [2.05, 4.69) is 21.6 Å². The second kappa shape index (κ2) is 6.51. The minimum Gasteiger partial charge on any atom is -0.391 e. The van der Waals surface area contributed by atoms with Gasteiger partial charge in [0.25, 0.3) is 0 Å². The molecule has 102 valence electrons. The lowest BCUT2D eigenvalue weighted by atomic mass is 10.2. The number of thioether (sulfide) groups is 4. The van der Waals surface area contributed by atoms with Crippen molar-refractivity contribution >= 4 is 58.4 Å². The summed E-state index contributed by atoms with van der Waals surface area (Å²) in [5.41, 5.74) is 2.72. The molecule has 0 spiro atoms. The zero-order valence-corrected chi connectivity index (χ0v) is 13.9. The molecule has 0 saturated heterocycles. The lowest BCUT2D eigenvalue weighted by molar-refractivity contribution is 0.339. The van der Waals surface area contributed by atoms with Gasteiger partial charge in [0.05, 0.1) is 22.4 Å². The fourth-order valence-electron chi connectivity index (χ4n) is 1.78. The van der Waals surface area contributed by atoms with E-state index >= 15 is 0 Å². The predicted octanol–water partition coefficient (Wildman–Crippen LogP) is 4.37. The van der Waals surface area contributed by atoms with Gasteiger partial charge in [0.2, 0.25) is 0 Å². The molecular formula is C12H12O2S5. The average Bonchev–Trinajstić information content (AvgIpc) is 3.16. The highest BCUT2D eigenvalue weighted by molar-refractivity contribution is 8.23. The Morgan fingerprint density at radius 3 is 1.68 bits per heavy atom. The molecule has 2 unspecified atom stereocenters. The first kappa shape index (κ1) is 14.4. The highest BCUT2D eigenvalue weighted by Gasteiger charge is 2.29. The second-order valence-corrected chi connectivity index (χ2v) is 9.70. The fraction of sp³-hybridized carbons (Fsp3) is 0.333. The first-order valence-corrected chi connectivity index (χ1v) is 10.2. The van der Waals surface area contributed by atoms with Crippen LogP contribution in [0.3, 0.4) is 0 Å². The molecule has 0 bridgehead atoms. The van der Waals surface area contributed by atoms with Gasteiger partial charge < -0.3 is 10.2 Å². The van der Waals surface area contributed by atoms with E-state index in [-0.39, 0.29) is 13.2 Å². The maximum atomic E-state index is 9.18. The summed E-state index contributed by atoms with van der Waals surface area (Å²) in [5, 5.41) is 26.9. The van der Waals surface area contributed by atoms with Crippen LogP contribution in [0, 0.1) is 0 Å². The molecule has 0 fully saturated rings. The van der Waals surface area contributed by atoms with Crippen LogP contribution in [0.2, 0.25) is 0 Å². The summed E-state index contributed by atoms with van der Waals surface area (Å²) in [7, 11) is 0. The van der Waals surface area contributed by atoms with E-state index in [9.17, 15) is 10.2 Å². The van der Waals surface area contributed by atoms with Crippen molar-refractivity contribution in [3.05, 3.63) is 42.5 Å². The predicted molar refractivity (Wildman–Crippen MR) is 90.5 cm³/mol. The number of aliphatic hydroxyl groups is 2. The number of hydrogen-bond acceptors (Lipinski definition) is 7. The Bertz CT molecular complexity index is 477. The zero-order valence-electron chi connectivity index (χ0n) is 9.81. The molecule has 2 aliphatic rings. The Kier molecular flexibility index (Phi) is 4.95. The van der Waals surface area contributed by atoms with Gasteiger partial charge in [-0.3, -0.25) is 0 Å². The van der Waals surface area contributed by atoms with E-state index in [1.807, 2.05) is 0 Å². The van der Waals surface area contributed by atoms with E-state index in [4.69, 9.17) is 0 Å². The van der Waals surface area contributed by atoms with Crippen molar-refractivity contribution in [1.29, 1.82) is 0 Å². The summed E-state index contributed by atoms with van der Waals surface area (Å²) in [6, 6.07) is 0.